The predicted molar refractivity (Wildman–Crippen MR) is 349 cm³/mol. The molecule has 0 aromatic rings. The first-order valence-corrected chi connectivity index (χ1v) is 35.6. The maximum Gasteiger partial charge on any atom is 0.306 e. The molecule has 0 saturated carbocycles. The van der Waals surface area contributed by atoms with Gasteiger partial charge in [0.15, 0.2) is 6.10 Å². The van der Waals surface area contributed by atoms with Gasteiger partial charge < -0.3 is 14.2 Å². The fourth-order valence-corrected chi connectivity index (χ4v) is 10.7. The number of hydrogen-bond donors (Lipinski definition) is 0. The van der Waals surface area contributed by atoms with E-state index in [2.05, 4.69) is 69.4 Å². The number of hydrogen-bond acceptors (Lipinski definition) is 6. The van der Waals surface area contributed by atoms with E-state index in [1.54, 1.807) is 0 Å². The van der Waals surface area contributed by atoms with Gasteiger partial charge in [0.1, 0.15) is 13.2 Å². The highest BCUT2D eigenvalue weighted by Gasteiger charge is 2.19. The summed E-state index contributed by atoms with van der Waals surface area (Å²) in [7, 11) is 0. The Balaban J connectivity index is 4.24. The number of esters is 3. The smallest absolute Gasteiger partial charge is 0.306 e. The van der Waals surface area contributed by atoms with Crippen LogP contribution in [0, 0.1) is 0 Å². The zero-order chi connectivity index (χ0) is 57.8. The monoisotopic (exact) mass is 1120 g/mol. The molecule has 0 bridgehead atoms. The molecule has 0 aromatic heterocycles. The molecule has 80 heavy (non-hydrogen) atoms. The average molecular weight is 1120 g/mol. The Kier molecular flexibility index (Phi) is 66.6. The van der Waals surface area contributed by atoms with Crippen LogP contribution in [0.15, 0.2) is 48.6 Å². The molecule has 0 saturated heterocycles. The summed E-state index contributed by atoms with van der Waals surface area (Å²) in [5, 5.41) is 0. The van der Waals surface area contributed by atoms with Gasteiger partial charge in [-0.15, -0.1) is 0 Å². The van der Waals surface area contributed by atoms with Crippen molar-refractivity contribution >= 4 is 17.9 Å². The normalized spacial score (nSPS) is 12.3. The Morgan fingerprint density at radius 2 is 0.463 bits per heavy atom. The minimum atomic E-state index is -0.778. The first-order valence-electron chi connectivity index (χ1n) is 35.6. The third-order valence-corrected chi connectivity index (χ3v) is 16.1. The molecule has 1 atom stereocenters. The molecule has 1 unspecified atom stereocenters. The van der Waals surface area contributed by atoms with Crippen molar-refractivity contribution in [2.24, 2.45) is 0 Å². The van der Waals surface area contributed by atoms with Gasteiger partial charge in [0.2, 0.25) is 0 Å². The summed E-state index contributed by atoms with van der Waals surface area (Å²) in [6, 6.07) is 0. The van der Waals surface area contributed by atoms with Gasteiger partial charge in [-0.25, -0.2) is 0 Å². The molecule has 0 amide bonds. The lowest BCUT2D eigenvalue weighted by atomic mass is 10.0. The second-order valence-electron chi connectivity index (χ2n) is 24.1. The minimum Gasteiger partial charge on any atom is -0.462 e. The van der Waals surface area contributed by atoms with Crippen molar-refractivity contribution in [2.75, 3.05) is 13.2 Å². The Morgan fingerprint density at radius 1 is 0.250 bits per heavy atom. The van der Waals surface area contributed by atoms with Crippen LogP contribution >= 0.6 is 0 Å². The maximum absolute atomic E-state index is 13.0. The van der Waals surface area contributed by atoms with E-state index in [-0.39, 0.29) is 31.1 Å². The van der Waals surface area contributed by atoms with Crippen LogP contribution < -0.4 is 0 Å². The summed E-state index contributed by atoms with van der Waals surface area (Å²) >= 11 is 0. The Bertz CT molecular complexity index is 1380. The van der Waals surface area contributed by atoms with E-state index in [1.807, 2.05) is 0 Å². The van der Waals surface area contributed by atoms with Crippen molar-refractivity contribution in [3.05, 3.63) is 48.6 Å². The van der Waals surface area contributed by atoms with E-state index in [9.17, 15) is 14.4 Å². The van der Waals surface area contributed by atoms with E-state index in [0.29, 0.717) is 19.3 Å². The van der Waals surface area contributed by atoms with Gasteiger partial charge >= 0.3 is 17.9 Å². The lowest BCUT2D eigenvalue weighted by Crippen LogP contribution is -2.30. The SMILES string of the molecule is CCCC/C=C\C/C=C\CCCCCCCC(=O)OCC(COC(=O)CCCCCCCCCCCCCCCCC/C=C\C/C=C\CCCCCCC)OC(=O)CCCCCCCCCCCCCCCCCCCCCCC. The largest absolute Gasteiger partial charge is 0.462 e. The van der Waals surface area contributed by atoms with Gasteiger partial charge in [-0.2, -0.15) is 0 Å². The van der Waals surface area contributed by atoms with Gasteiger partial charge in [-0.05, 0) is 77.0 Å². The van der Waals surface area contributed by atoms with Crippen molar-refractivity contribution in [2.45, 2.75) is 393 Å². The molecule has 6 nitrogen and oxygen atoms in total. The summed E-state index contributed by atoms with van der Waals surface area (Å²) in [5.41, 5.74) is 0. The van der Waals surface area contributed by atoms with E-state index in [4.69, 9.17) is 14.2 Å². The fourth-order valence-electron chi connectivity index (χ4n) is 10.7. The quantitative estimate of drug-likeness (QED) is 0.0261. The third kappa shape index (κ3) is 66.2. The third-order valence-electron chi connectivity index (χ3n) is 16.1. The van der Waals surface area contributed by atoms with Crippen LogP contribution in [0.2, 0.25) is 0 Å². The Labute approximate surface area is 498 Å². The second kappa shape index (κ2) is 68.9. The van der Waals surface area contributed by atoms with Crippen LogP contribution in [0.4, 0.5) is 0 Å². The van der Waals surface area contributed by atoms with E-state index in [1.165, 1.54) is 263 Å². The molecule has 468 valence electrons. The Hall–Kier alpha value is -2.63. The second-order valence-corrected chi connectivity index (χ2v) is 24.1. The number of carbonyl (C=O) groups excluding carboxylic acids is 3. The average Bonchev–Trinajstić information content (AvgIpc) is 3.46. The zero-order valence-electron chi connectivity index (χ0n) is 53.9. The summed E-state index contributed by atoms with van der Waals surface area (Å²) < 4.78 is 17.0. The van der Waals surface area contributed by atoms with Gasteiger partial charge in [0, 0.05) is 19.3 Å². The summed E-state index contributed by atoms with van der Waals surface area (Å²) in [5.74, 6) is -0.860. The van der Waals surface area contributed by atoms with E-state index < -0.39 is 6.10 Å². The molecule has 0 radical (unpaired) electrons. The molecule has 0 aliphatic carbocycles. The molecule has 0 heterocycles. The van der Waals surface area contributed by atoms with Crippen LogP contribution in [0.3, 0.4) is 0 Å². The molecule has 0 N–H and O–H groups in total. The van der Waals surface area contributed by atoms with Crippen molar-refractivity contribution in [3.8, 4) is 0 Å². The number of unbranched alkanes of at least 4 members (excludes halogenated alkanes) is 47. The van der Waals surface area contributed by atoms with E-state index >= 15 is 0 Å². The number of rotatable bonds is 66. The maximum atomic E-state index is 13.0. The molecule has 6 heteroatoms. The van der Waals surface area contributed by atoms with Crippen LogP contribution in [-0.4, -0.2) is 37.2 Å². The molecule has 0 rings (SSSR count). The lowest BCUT2D eigenvalue weighted by molar-refractivity contribution is -0.167. The van der Waals surface area contributed by atoms with Gasteiger partial charge in [-0.3, -0.25) is 14.4 Å². The van der Waals surface area contributed by atoms with Gasteiger partial charge in [0.25, 0.3) is 0 Å². The van der Waals surface area contributed by atoms with E-state index in [0.717, 1.165) is 83.5 Å². The zero-order valence-corrected chi connectivity index (χ0v) is 53.9. The molecule has 0 spiro atoms. The predicted octanol–water partition coefficient (Wildman–Crippen LogP) is 24.5. The first-order chi connectivity index (χ1) is 39.5. The van der Waals surface area contributed by atoms with Crippen LogP contribution in [0.5, 0.6) is 0 Å². The number of carbonyl (C=O) groups is 3. The number of allylic oxidation sites excluding steroid dienone is 8. The standard InChI is InChI=1S/C74H136O6/c1-4-7-10-13-16-19-22-25-28-30-32-34-35-36-37-38-39-41-42-44-46-49-52-55-58-61-64-67-73(76)79-70-71(69-78-72(75)66-63-60-57-54-51-48-27-24-21-18-15-12-9-6-3)80-74(77)68-65-62-59-56-53-50-47-45-43-40-33-31-29-26-23-20-17-14-11-8-5-2/h15,18,22,24-25,27,30,32,71H,4-14,16-17,19-21,23,26,28-29,31,33-70H2,1-3H3/b18-15-,25-22-,27-24-,32-30-. The highest BCUT2D eigenvalue weighted by atomic mass is 16.6. The van der Waals surface area contributed by atoms with Gasteiger partial charge in [-0.1, -0.05) is 339 Å². The topological polar surface area (TPSA) is 78.9 Å². The van der Waals surface area contributed by atoms with Crippen molar-refractivity contribution in [3.63, 3.8) is 0 Å². The van der Waals surface area contributed by atoms with Crippen molar-refractivity contribution in [1.29, 1.82) is 0 Å². The van der Waals surface area contributed by atoms with Crippen LogP contribution in [0.1, 0.15) is 387 Å². The molecule has 0 aliphatic rings. The molecule has 0 aromatic carbocycles. The van der Waals surface area contributed by atoms with Crippen LogP contribution in [0.25, 0.3) is 0 Å². The highest BCUT2D eigenvalue weighted by molar-refractivity contribution is 5.71. The number of ether oxygens (including phenoxy) is 3. The fraction of sp³-hybridized carbons (Fsp3) is 0.851. The molecule has 0 aliphatic heterocycles. The molecule has 0 fully saturated rings. The molecular formula is C74H136O6. The first kappa shape index (κ1) is 77.4. The van der Waals surface area contributed by atoms with Crippen LogP contribution in [-0.2, 0) is 28.6 Å². The summed E-state index contributed by atoms with van der Waals surface area (Å²) in [6.07, 6.45) is 87.1. The van der Waals surface area contributed by atoms with Crippen molar-refractivity contribution < 1.29 is 28.6 Å². The minimum absolute atomic E-state index is 0.0730. The molecular weight excluding hydrogens is 985 g/mol. The van der Waals surface area contributed by atoms with Crippen molar-refractivity contribution in [1.82, 2.24) is 0 Å². The summed E-state index contributed by atoms with van der Waals surface area (Å²) in [4.78, 5) is 38.4. The highest BCUT2D eigenvalue weighted by Crippen LogP contribution is 2.18. The summed E-state index contributed by atoms with van der Waals surface area (Å²) in [6.45, 7) is 6.65. The Morgan fingerprint density at radius 3 is 0.725 bits per heavy atom. The lowest BCUT2D eigenvalue weighted by Gasteiger charge is -2.18. The van der Waals surface area contributed by atoms with Gasteiger partial charge in [0.05, 0.1) is 0 Å².